The molecule has 1 heterocycles. The lowest BCUT2D eigenvalue weighted by Gasteiger charge is -2.13. The summed E-state index contributed by atoms with van der Waals surface area (Å²) in [6.07, 6.45) is 1.84. The van der Waals surface area contributed by atoms with Crippen molar-refractivity contribution in [1.82, 2.24) is 4.98 Å². The maximum absolute atomic E-state index is 5.64. The van der Waals surface area contributed by atoms with E-state index in [0.717, 1.165) is 11.1 Å². The minimum atomic E-state index is -0.209. The highest BCUT2D eigenvalue weighted by Gasteiger charge is 2.22. The van der Waals surface area contributed by atoms with Gasteiger partial charge in [0.05, 0.1) is 5.41 Å². The molecule has 0 atom stereocenters. The minimum Gasteiger partial charge on any atom is -0.440 e. The predicted molar refractivity (Wildman–Crippen MR) is 57.2 cm³/mol. The third-order valence-electron chi connectivity index (χ3n) is 2.36. The van der Waals surface area contributed by atoms with Crippen LogP contribution in [0.2, 0.25) is 0 Å². The van der Waals surface area contributed by atoms with E-state index < -0.39 is 0 Å². The van der Waals surface area contributed by atoms with Crippen molar-refractivity contribution in [2.45, 2.75) is 19.3 Å². The molecule has 2 heteroatoms. The van der Waals surface area contributed by atoms with E-state index in [-0.39, 0.29) is 5.41 Å². The van der Waals surface area contributed by atoms with Gasteiger partial charge in [-0.05, 0) is 26.0 Å². The lowest BCUT2D eigenvalue weighted by atomic mass is 9.94. The van der Waals surface area contributed by atoms with Gasteiger partial charge in [-0.15, -0.1) is 6.58 Å². The number of rotatable bonds is 2. The normalized spacial score (nSPS) is 11.9. The standard InChI is InChI=1S/C12H13NO/c1-4-12(2,3)11-13-9-7-5-6-8-10(9)14-11/h4-8H,1H2,2-3H3. The van der Waals surface area contributed by atoms with Gasteiger partial charge in [0.1, 0.15) is 5.52 Å². The average molecular weight is 187 g/mol. The zero-order valence-electron chi connectivity index (χ0n) is 8.45. The van der Waals surface area contributed by atoms with E-state index in [1.807, 2.05) is 44.2 Å². The number of para-hydroxylation sites is 2. The summed E-state index contributed by atoms with van der Waals surface area (Å²) in [5.74, 6) is 0.716. The summed E-state index contributed by atoms with van der Waals surface area (Å²) in [4.78, 5) is 4.42. The van der Waals surface area contributed by atoms with Crippen LogP contribution in [0.3, 0.4) is 0 Å². The Morgan fingerprint density at radius 1 is 1.36 bits per heavy atom. The van der Waals surface area contributed by atoms with Crippen molar-refractivity contribution in [1.29, 1.82) is 0 Å². The first-order chi connectivity index (χ1) is 6.63. The van der Waals surface area contributed by atoms with Crippen LogP contribution >= 0.6 is 0 Å². The lowest BCUT2D eigenvalue weighted by Crippen LogP contribution is -2.12. The SMILES string of the molecule is C=CC(C)(C)c1nc2ccccc2o1. The predicted octanol–water partition coefficient (Wildman–Crippen LogP) is 3.29. The van der Waals surface area contributed by atoms with E-state index in [4.69, 9.17) is 4.42 Å². The third kappa shape index (κ3) is 1.33. The lowest BCUT2D eigenvalue weighted by molar-refractivity contribution is 0.443. The Hall–Kier alpha value is -1.57. The highest BCUT2D eigenvalue weighted by atomic mass is 16.3. The molecule has 1 aromatic heterocycles. The molecule has 0 saturated carbocycles. The highest BCUT2D eigenvalue weighted by Crippen LogP contribution is 2.26. The van der Waals surface area contributed by atoms with Gasteiger partial charge in [0.2, 0.25) is 5.89 Å². The number of allylic oxidation sites excluding steroid dienone is 1. The van der Waals surface area contributed by atoms with Crippen LogP contribution in [-0.4, -0.2) is 4.98 Å². The second kappa shape index (κ2) is 2.98. The van der Waals surface area contributed by atoms with Crippen LogP contribution in [0.1, 0.15) is 19.7 Å². The molecule has 0 fully saturated rings. The van der Waals surface area contributed by atoms with E-state index in [2.05, 4.69) is 11.6 Å². The smallest absolute Gasteiger partial charge is 0.204 e. The third-order valence-corrected chi connectivity index (χ3v) is 2.36. The van der Waals surface area contributed by atoms with Gasteiger partial charge >= 0.3 is 0 Å². The van der Waals surface area contributed by atoms with Crippen molar-refractivity contribution in [2.75, 3.05) is 0 Å². The number of fused-ring (bicyclic) bond motifs is 1. The molecule has 0 saturated heterocycles. The number of nitrogens with zero attached hydrogens (tertiary/aromatic N) is 1. The monoisotopic (exact) mass is 187 g/mol. The van der Waals surface area contributed by atoms with Crippen molar-refractivity contribution >= 4 is 11.1 Å². The van der Waals surface area contributed by atoms with E-state index in [1.165, 1.54) is 0 Å². The summed E-state index contributed by atoms with van der Waals surface area (Å²) in [6.45, 7) is 7.84. The van der Waals surface area contributed by atoms with E-state index in [1.54, 1.807) is 0 Å². The maximum Gasteiger partial charge on any atom is 0.204 e. The molecule has 0 N–H and O–H groups in total. The largest absolute Gasteiger partial charge is 0.440 e. The van der Waals surface area contributed by atoms with Gasteiger partial charge in [-0.3, -0.25) is 0 Å². The summed E-state index contributed by atoms with van der Waals surface area (Å²) < 4.78 is 5.64. The Kier molecular flexibility index (Phi) is 1.92. The Labute approximate surface area is 83.3 Å². The molecule has 0 amide bonds. The second-order valence-corrected chi connectivity index (χ2v) is 3.91. The summed E-state index contributed by atoms with van der Waals surface area (Å²) in [5, 5.41) is 0. The van der Waals surface area contributed by atoms with Crippen LogP contribution in [0.5, 0.6) is 0 Å². The molecule has 0 aliphatic carbocycles. The van der Waals surface area contributed by atoms with Gasteiger partial charge in [0.25, 0.3) is 0 Å². The molecule has 2 nitrogen and oxygen atoms in total. The summed E-state index contributed by atoms with van der Waals surface area (Å²) in [6, 6.07) is 7.76. The number of aromatic nitrogens is 1. The fourth-order valence-corrected chi connectivity index (χ4v) is 1.24. The van der Waals surface area contributed by atoms with Crippen molar-refractivity contribution in [3.05, 3.63) is 42.8 Å². The Balaban J connectivity index is 2.60. The molecule has 0 spiro atoms. The van der Waals surface area contributed by atoms with Gasteiger partial charge in [-0.1, -0.05) is 18.2 Å². The summed E-state index contributed by atoms with van der Waals surface area (Å²) in [7, 11) is 0. The molecule has 2 rings (SSSR count). The Morgan fingerprint density at radius 2 is 2.07 bits per heavy atom. The molecule has 0 unspecified atom stereocenters. The van der Waals surface area contributed by atoms with Crippen LogP contribution in [0.4, 0.5) is 0 Å². The number of oxazole rings is 1. The zero-order valence-corrected chi connectivity index (χ0v) is 8.45. The van der Waals surface area contributed by atoms with Gasteiger partial charge < -0.3 is 4.42 Å². The molecule has 1 aromatic carbocycles. The summed E-state index contributed by atoms with van der Waals surface area (Å²) >= 11 is 0. The first-order valence-electron chi connectivity index (χ1n) is 4.63. The van der Waals surface area contributed by atoms with E-state index in [0.29, 0.717) is 5.89 Å². The van der Waals surface area contributed by atoms with E-state index in [9.17, 15) is 0 Å². The molecule has 72 valence electrons. The molecule has 0 aliphatic rings. The van der Waals surface area contributed by atoms with Crippen molar-refractivity contribution in [3.63, 3.8) is 0 Å². The quantitative estimate of drug-likeness (QED) is 0.674. The molecule has 14 heavy (non-hydrogen) atoms. The van der Waals surface area contributed by atoms with Gasteiger partial charge in [0, 0.05) is 0 Å². The topological polar surface area (TPSA) is 26.0 Å². The molecular weight excluding hydrogens is 174 g/mol. The maximum atomic E-state index is 5.64. The van der Waals surface area contributed by atoms with Crippen molar-refractivity contribution < 1.29 is 4.42 Å². The molecule has 0 aliphatic heterocycles. The minimum absolute atomic E-state index is 0.209. The average Bonchev–Trinajstić information content (AvgIpc) is 2.61. The fraction of sp³-hybridized carbons (Fsp3) is 0.250. The summed E-state index contributed by atoms with van der Waals surface area (Å²) in [5.41, 5.74) is 1.52. The van der Waals surface area contributed by atoms with Gasteiger partial charge in [-0.2, -0.15) is 0 Å². The molecule has 2 aromatic rings. The Morgan fingerprint density at radius 3 is 2.71 bits per heavy atom. The van der Waals surface area contributed by atoms with Gasteiger partial charge in [0.15, 0.2) is 5.58 Å². The first-order valence-corrected chi connectivity index (χ1v) is 4.63. The number of benzene rings is 1. The fourth-order valence-electron chi connectivity index (χ4n) is 1.24. The van der Waals surface area contributed by atoms with Crippen LogP contribution in [-0.2, 0) is 5.41 Å². The molecule has 0 radical (unpaired) electrons. The van der Waals surface area contributed by atoms with Crippen molar-refractivity contribution in [2.24, 2.45) is 0 Å². The number of hydrogen-bond donors (Lipinski definition) is 0. The van der Waals surface area contributed by atoms with Crippen LogP contribution < -0.4 is 0 Å². The van der Waals surface area contributed by atoms with Gasteiger partial charge in [-0.25, -0.2) is 4.98 Å². The molecule has 0 bridgehead atoms. The number of hydrogen-bond acceptors (Lipinski definition) is 2. The van der Waals surface area contributed by atoms with Crippen LogP contribution in [0, 0.1) is 0 Å². The molecular formula is C12H13NO. The highest BCUT2D eigenvalue weighted by molar-refractivity contribution is 5.72. The zero-order chi connectivity index (χ0) is 10.2. The Bertz CT molecular complexity index is 435. The van der Waals surface area contributed by atoms with E-state index >= 15 is 0 Å². The second-order valence-electron chi connectivity index (χ2n) is 3.91. The first kappa shape index (κ1) is 9.00. The van der Waals surface area contributed by atoms with Crippen LogP contribution in [0.15, 0.2) is 41.3 Å². The van der Waals surface area contributed by atoms with Crippen molar-refractivity contribution in [3.8, 4) is 0 Å². The van der Waals surface area contributed by atoms with Crippen LogP contribution in [0.25, 0.3) is 11.1 Å².